The first-order valence-corrected chi connectivity index (χ1v) is 9.56. The molecule has 124 valence electrons. The molecule has 3 nitrogen and oxygen atoms in total. The van der Waals surface area contributed by atoms with Crippen molar-refractivity contribution in [1.29, 1.82) is 0 Å². The number of nitrogens with one attached hydrogen (secondary N) is 1. The largest absolute Gasteiger partial charge is 0.355 e. The minimum absolute atomic E-state index is 0.683. The highest BCUT2D eigenvalue weighted by atomic mass is 32.2. The molecule has 4 heteroatoms. The number of rotatable bonds is 14. The summed E-state index contributed by atoms with van der Waals surface area (Å²) in [5.41, 5.74) is 1.32. The van der Waals surface area contributed by atoms with Crippen LogP contribution in [0.3, 0.4) is 0 Å². The van der Waals surface area contributed by atoms with Crippen LogP contribution in [0, 0.1) is 0 Å². The Kier molecular flexibility index (Phi) is 14.1. The molecule has 0 aromatic carbocycles. The normalized spacial score (nSPS) is 13.5. The maximum Gasteiger partial charge on any atom is 0.207 e. The van der Waals surface area contributed by atoms with Gasteiger partial charge in [0.1, 0.15) is 0 Å². The van der Waals surface area contributed by atoms with E-state index in [0.29, 0.717) is 6.54 Å². The Morgan fingerprint density at radius 1 is 1.24 bits per heavy atom. The molecule has 0 saturated heterocycles. The van der Waals surface area contributed by atoms with E-state index in [0.717, 1.165) is 31.8 Å². The molecule has 0 fully saturated rings. The Balaban J connectivity index is 4.14. The van der Waals surface area contributed by atoms with Crippen molar-refractivity contribution in [3.63, 3.8) is 0 Å². The van der Waals surface area contributed by atoms with Gasteiger partial charge >= 0.3 is 0 Å². The van der Waals surface area contributed by atoms with E-state index in [1.165, 1.54) is 37.7 Å². The van der Waals surface area contributed by atoms with Gasteiger partial charge in [0.25, 0.3) is 0 Å². The molecule has 1 amide bonds. The first-order chi connectivity index (χ1) is 10.2. The molecular formula is C17H34N2OS. The van der Waals surface area contributed by atoms with Gasteiger partial charge in [0.15, 0.2) is 0 Å². The van der Waals surface area contributed by atoms with Crippen LogP contribution in [0.1, 0.15) is 58.8 Å². The molecule has 0 heterocycles. The lowest BCUT2D eigenvalue weighted by molar-refractivity contribution is -0.109. The van der Waals surface area contributed by atoms with Gasteiger partial charge in [0.2, 0.25) is 6.41 Å². The van der Waals surface area contributed by atoms with Crippen LogP contribution in [-0.4, -0.2) is 43.7 Å². The van der Waals surface area contributed by atoms with Crippen LogP contribution in [0.5, 0.6) is 0 Å². The Morgan fingerprint density at radius 2 is 2.00 bits per heavy atom. The fourth-order valence-electron chi connectivity index (χ4n) is 2.62. The van der Waals surface area contributed by atoms with Gasteiger partial charge in [-0.1, -0.05) is 33.1 Å². The van der Waals surface area contributed by atoms with Crippen LogP contribution in [-0.2, 0) is 4.79 Å². The number of hydrogen-bond donors (Lipinski definition) is 1. The van der Waals surface area contributed by atoms with Crippen LogP contribution < -0.4 is 5.32 Å². The van der Waals surface area contributed by atoms with E-state index >= 15 is 0 Å². The smallest absolute Gasteiger partial charge is 0.207 e. The van der Waals surface area contributed by atoms with E-state index in [9.17, 15) is 4.79 Å². The number of unbranched alkanes of at least 4 members (excludes halogenated alkanes) is 1. The van der Waals surface area contributed by atoms with E-state index in [-0.39, 0.29) is 0 Å². The van der Waals surface area contributed by atoms with E-state index in [1.807, 2.05) is 0 Å². The van der Waals surface area contributed by atoms with Gasteiger partial charge in [-0.3, -0.25) is 4.79 Å². The Hall–Kier alpha value is -0.480. The minimum atomic E-state index is 0.683. The van der Waals surface area contributed by atoms with Gasteiger partial charge in [-0.15, -0.1) is 11.8 Å². The van der Waals surface area contributed by atoms with Crippen molar-refractivity contribution in [3.8, 4) is 0 Å². The molecule has 0 aromatic heterocycles. The molecule has 1 N–H and O–H groups in total. The predicted molar refractivity (Wildman–Crippen MR) is 95.7 cm³/mol. The summed E-state index contributed by atoms with van der Waals surface area (Å²) in [6, 6.07) is 0.732. The minimum Gasteiger partial charge on any atom is -0.355 e. The van der Waals surface area contributed by atoms with E-state index in [4.69, 9.17) is 0 Å². The third-order valence-electron chi connectivity index (χ3n) is 3.84. The standard InChI is InChI=1S/C17H34N2OS/c1-5-7-11-17(9-6-2)19(3)12-8-10-16(14-21-4)13-18-15-20/h14-15,17H,5-13H2,1-4H3,(H,18,20)/b16-14-. The van der Waals surface area contributed by atoms with Crippen LogP contribution >= 0.6 is 11.8 Å². The van der Waals surface area contributed by atoms with Crippen molar-refractivity contribution in [2.24, 2.45) is 0 Å². The molecule has 0 spiro atoms. The van der Waals surface area contributed by atoms with Crippen molar-refractivity contribution < 1.29 is 4.79 Å². The molecule has 0 aromatic rings. The van der Waals surface area contributed by atoms with Crippen molar-refractivity contribution >= 4 is 18.2 Å². The fraction of sp³-hybridized carbons (Fsp3) is 0.824. The second-order valence-electron chi connectivity index (χ2n) is 5.68. The molecule has 0 rings (SSSR count). The topological polar surface area (TPSA) is 32.3 Å². The van der Waals surface area contributed by atoms with E-state index < -0.39 is 0 Å². The number of carbonyl (C=O) groups is 1. The predicted octanol–water partition coefficient (Wildman–Crippen LogP) is 4.05. The van der Waals surface area contributed by atoms with Crippen LogP contribution in [0.25, 0.3) is 0 Å². The summed E-state index contributed by atoms with van der Waals surface area (Å²) in [5.74, 6) is 0. The second-order valence-corrected chi connectivity index (χ2v) is 6.39. The molecule has 0 aliphatic carbocycles. The average molecular weight is 315 g/mol. The van der Waals surface area contributed by atoms with Crippen LogP contribution in [0.2, 0.25) is 0 Å². The van der Waals surface area contributed by atoms with Gasteiger partial charge in [0.05, 0.1) is 0 Å². The summed E-state index contributed by atoms with van der Waals surface area (Å²) in [6.45, 7) is 6.36. The first kappa shape index (κ1) is 20.5. The van der Waals surface area contributed by atoms with E-state index in [1.54, 1.807) is 11.8 Å². The quantitative estimate of drug-likeness (QED) is 0.491. The summed E-state index contributed by atoms with van der Waals surface area (Å²) in [5, 5.41) is 4.93. The van der Waals surface area contributed by atoms with Crippen molar-refractivity contribution in [2.45, 2.75) is 64.8 Å². The van der Waals surface area contributed by atoms with Gasteiger partial charge < -0.3 is 10.2 Å². The van der Waals surface area contributed by atoms with Gasteiger partial charge in [-0.2, -0.15) is 0 Å². The molecule has 1 atom stereocenters. The summed E-state index contributed by atoms with van der Waals surface area (Å²) in [4.78, 5) is 12.9. The monoisotopic (exact) mass is 314 g/mol. The van der Waals surface area contributed by atoms with Gasteiger partial charge in [-0.05, 0) is 56.5 Å². The van der Waals surface area contributed by atoms with E-state index in [2.05, 4.69) is 42.8 Å². The van der Waals surface area contributed by atoms with Crippen LogP contribution in [0.15, 0.2) is 11.0 Å². The fourth-order valence-corrected chi connectivity index (χ4v) is 3.16. The average Bonchev–Trinajstić information content (AvgIpc) is 2.48. The first-order valence-electron chi connectivity index (χ1n) is 8.27. The van der Waals surface area contributed by atoms with Crippen molar-refractivity contribution in [2.75, 3.05) is 26.4 Å². The number of thioether (sulfide) groups is 1. The number of amides is 1. The van der Waals surface area contributed by atoms with Crippen molar-refractivity contribution in [1.82, 2.24) is 10.2 Å². The Morgan fingerprint density at radius 3 is 2.57 bits per heavy atom. The highest BCUT2D eigenvalue weighted by Gasteiger charge is 2.13. The third kappa shape index (κ3) is 10.8. The summed E-state index contributed by atoms with van der Waals surface area (Å²) in [6.07, 6.45) is 11.6. The molecule has 1 unspecified atom stereocenters. The molecule has 0 radical (unpaired) electrons. The molecule has 21 heavy (non-hydrogen) atoms. The highest BCUT2D eigenvalue weighted by molar-refractivity contribution is 8.01. The summed E-state index contributed by atoms with van der Waals surface area (Å²) < 4.78 is 0. The lowest BCUT2D eigenvalue weighted by atomic mass is 10.0. The maximum absolute atomic E-state index is 10.4. The zero-order valence-corrected chi connectivity index (χ0v) is 15.2. The molecule has 0 bridgehead atoms. The highest BCUT2D eigenvalue weighted by Crippen LogP contribution is 2.15. The third-order valence-corrected chi connectivity index (χ3v) is 4.41. The lowest BCUT2D eigenvalue weighted by Gasteiger charge is -2.28. The lowest BCUT2D eigenvalue weighted by Crippen LogP contribution is -2.32. The van der Waals surface area contributed by atoms with Crippen molar-refractivity contribution in [3.05, 3.63) is 11.0 Å². The molecule has 0 saturated carbocycles. The zero-order valence-electron chi connectivity index (χ0n) is 14.4. The summed E-state index contributed by atoms with van der Waals surface area (Å²) >= 11 is 1.71. The number of hydrogen-bond acceptors (Lipinski definition) is 3. The Bertz CT molecular complexity index is 282. The second kappa shape index (κ2) is 14.5. The zero-order chi connectivity index (χ0) is 15.9. The maximum atomic E-state index is 10.4. The van der Waals surface area contributed by atoms with Crippen LogP contribution in [0.4, 0.5) is 0 Å². The molecule has 0 aliphatic rings. The van der Waals surface area contributed by atoms with Gasteiger partial charge in [-0.25, -0.2) is 0 Å². The number of nitrogens with zero attached hydrogens (tertiary/aromatic N) is 1. The summed E-state index contributed by atoms with van der Waals surface area (Å²) in [7, 11) is 2.26. The molecular weight excluding hydrogens is 280 g/mol. The SMILES string of the molecule is CCCCC(CCC)N(C)CCC/C(=C/SC)CNC=O. The number of carbonyl (C=O) groups excluding carboxylic acids is 1. The van der Waals surface area contributed by atoms with Gasteiger partial charge in [0, 0.05) is 12.6 Å². The Labute approximate surface area is 135 Å². The molecule has 0 aliphatic heterocycles.